The third-order valence-electron chi connectivity index (χ3n) is 2.52. The van der Waals surface area contributed by atoms with E-state index in [1.54, 1.807) is 0 Å². The first-order valence-electron chi connectivity index (χ1n) is 5.01. The maximum Gasteiger partial charge on any atom is 0.302 e. The van der Waals surface area contributed by atoms with Crippen molar-refractivity contribution in [2.24, 2.45) is 5.92 Å². The van der Waals surface area contributed by atoms with Crippen LogP contribution in [0.2, 0.25) is 0 Å². The molecule has 1 fully saturated rings. The number of ether oxygens (including phenoxy) is 1. The molecule has 1 amide bonds. The third kappa shape index (κ3) is 3.36. The summed E-state index contributed by atoms with van der Waals surface area (Å²) in [6, 6.07) is 0. The van der Waals surface area contributed by atoms with E-state index in [4.69, 9.17) is 4.74 Å². The third-order valence-corrected chi connectivity index (χ3v) is 2.52. The average molecular weight is 199 g/mol. The lowest BCUT2D eigenvalue weighted by Gasteiger charge is -2.19. The first kappa shape index (κ1) is 11.0. The molecule has 1 rings (SSSR count). The fraction of sp³-hybridized carbons (Fsp3) is 0.800. The van der Waals surface area contributed by atoms with Crippen LogP contribution in [0, 0.1) is 5.92 Å². The molecule has 0 aromatic heterocycles. The summed E-state index contributed by atoms with van der Waals surface area (Å²) in [6.45, 7) is 3.54. The Bertz CT molecular complexity index is 227. The van der Waals surface area contributed by atoms with Crippen LogP contribution in [0.15, 0.2) is 0 Å². The first-order chi connectivity index (χ1) is 6.59. The fourth-order valence-electron chi connectivity index (χ4n) is 1.88. The summed E-state index contributed by atoms with van der Waals surface area (Å²) in [4.78, 5) is 21.5. The highest BCUT2D eigenvalue weighted by Crippen LogP contribution is 2.27. The van der Waals surface area contributed by atoms with Crippen LogP contribution in [0.5, 0.6) is 0 Å². The Morgan fingerprint density at radius 1 is 1.36 bits per heavy atom. The molecule has 0 aromatic carbocycles. The monoisotopic (exact) mass is 199 g/mol. The van der Waals surface area contributed by atoms with Gasteiger partial charge in [0, 0.05) is 26.3 Å². The zero-order valence-electron chi connectivity index (χ0n) is 8.71. The Morgan fingerprint density at radius 3 is 2.64 bits per heavy atom. The minimum absolute atomic E-state index is 0.000602. The number of amides is 1. The summed E-state index contributed by atoms with van der Waals surface area (Å²) in [7, 11) is 0. The molecular formula is C10H17NO3. The van der Waals surface area contributed by atoms with Crippen LogP contribution in [0.1, 0.15) is 33.1 Å². The van der Waals surface area contributed by atoms with Gasteiger partial charge in [-0.3, -0.25) is 9.59 Å². The quantitative estimate of drug-likeness (QED) is 0.686. The molecule has 1 aliphatic rings. The van der Waals surface area contributed by atoms with E-state index in [1.807, 2.05) is 0 Å². The predicted octanol–water partition coefficient (Wildman–Crippen LogP) is 0.854. The van der Waals surface area contributed by atoms with Crippen LogP contribution in [0.25, 0.3) is 0 Å². The second-order valence-electron chi connectivity index (χ2n) is 3.78. The molecule has 1 saturated carbocycles. The van der Waals surface area contributed by atoms with E-state index in [-0.39, 0.29) is 18.0 Å². The zero-order chi connectivity index (χ0) is 10.6. The van der Waals surface area contributed by atoms with Gasteiger partial charge in [-0.05, 0) is 19.3 Å². The number of rotatable bonds is 3. The molecule has 0 radical (unpaired) electrons. The molecule has 0 heterocycles. The predicted molar refractivity (Wildman–Crippen MR) is 51.6 cm³/mol. The van der Waals surface area contributed by atoms with Gasteiger partial charge in [0.1, 0.15) is 6.10 Å². The van der Waals surface area contributed by atoms with Gasteiger partial charge in [-0.15, -0.1) is 0 Å². The molecule has 14 heavy (non-hydrogen) atoms. The van der Waals surface area contributed by atoms with Gasteiger partial charge >= 0.3 is 5.97 Å². The van der Waals surface area contributed by atoms with Crippen LogP contribution in [-0.4, -0.2) is 24.5 Å². The second-order valence-corrected chi connectivity index (χ2v) is 3.78. The summed E-state index contributed by atoms with van der Waals surface area (Å²) in [5.74, 6) is 0.0333. The number of carbonyl (C=O) groups excluding carboxylic acids is 2. The smallest absolute Gasteiger partial charge is 0.302 e. The number of hydrogen-bond acceptors (Lipinski definition) is 3. The first-order valence-corrected chi connectivity index (χ1v) is 5.01. The van der Waals surface area contributed by atoms with Crippen LogP contribution < -0.4 is 5.32 Å². The lowest BCUT2D eigenvalue weighted by Crippen LogP contribution is -2.32. The number of nitrogens with one attached hydrogen (secondary N) is 1. The van der Waals surface area contributed by atoms with Gasteiger partial charge in [0.25, 0.3) is 0 Å². The number of carbonyl (C=O) groups is 2. The molecule has 4 nitrogen and oxygen atoms in total. The van der Waals surface area contributed by atoms with Crippen molar-refractivity contribution >= 4 is 11.9 Å². The van der Waals surface area contributed by atoms with Gasteiger partial charge < -0.3 is 10.1 Å². The largest absolute Gasteiger partial charge is 0.462 e. The van der Waals surface area contributed by atoms with Gasteiger partial charge in [0.2, 0.25) is 5.91 Å². The van der Waals surface area contributed by atoms with Crippen LogP contribution in [-0.2, 0) is 14.3 Å². The lowest BCUT2D eigenvalue weighted by atomic mass is 10.1. The topological polar surface area (TPSA) is 55.4 Å². The van der Waals surface area contributed by atoms with Crippen molar-refractivity contribution in [2.75, 3.05) is 6.54 Å². The molecule has 2 atom stereocenters. The number of hydrogen-bond donors (Lipinski definition) is 1. The Morgan fingerprint density at radius 2 is 2.07 bits per heavy atom. The van der Waals surface area contributed by atoms with Crippen molar-refractivity contribution in [1.82, 2.24) is 5.32 Å². The van der Waals surface area contributed by atoms with Crippen molar-refractivity contribution in [1.29, 1.82) is 0 Å². The standard InChI is InChI=1S/C10H17NO3/c1-7(12)11-6-9-4-3-5-10(9)14-8(2)13/h9-10H,3-6H2,1-2H3,(H,11,12)/t9-,10+/m1/s1. The molecule has 0 bridgehead atoms. The summed E-state index contributed by atoms with van der Waals surface area (Å²) in [5.41, 5.74) is 0. The van der Waals surface area contributed by atoms with Crippen molar-refractivity contribution in [2.45, 2.75) is 39.2 Å². The minimum Gasteiger partial charge on any atom is -0.462 e. The summed E-state index contributed by atoms with van der Waals surface area (Å²) >= 11 is 0. The zero-order valence-corrected chi connectivity index (χ0v) is 8.71. The van der Waals surface area contributed by atoms with E-state index in [2.05, 4.69) is 5.32 Å². The van der Waals surface area contributed by atoms with Gasteiger partial charge in [-0.1, -0.05) is 0 Å². The van der Waals surface area contributed by atoms with Crippen LogP contribution >= 0.6 is 0 Å². The van der Waals surface area contributed by atoms with E-state index in [0.717, 1.165) is 19.3 Å². The van der Waals surface area contributed by atoms with E-state index in [1.165, 1.54) is 13.8 Å². The maximum atomic E-state index is 10.8. The molecule has 0 saturated heterocycles. The minimum atomic E-state index is -0.232. The van der Waals surface area contributed by atoms with Crippen molar-refractivity contribution in [3.63, 3.8) is 0 Å². The van der Waals surface area contributed by atoms with E-state index in [9.17, 15) is 9.59 Å². The molecule has 0 aromatic rings. The Balaban J connectivity index is 2.35. The van der Waals surface area contributed by atoms with Crippen molar-refractivity contribution in [3.8, 4) is 0 Å². The second kappa shape index (κ2) is 4.98. The molecular weight excluding hydrogens is 182 g/mol. The Labute approximate surface area is 84.0 Å². The highest BCUT2D eigenvalue weighted by atomic mass is 16.5. The van der Waals surface area contributed by atoms with E-state index in [0.29, 0.717) is 12.5 Å². The fourth-order valence-corrected chi connectivity index (χ4v) is 1.88. The molecule has 1 aliphatic carbocycles. The highest BCUT2D eigenvalue weighted by Gasteiger charge is 2.29. The van der Waals surface area contributed by atoms with E-state index >= 15 is 0 Å². The molecule has 0 unspecified atom stereocenters. The Kier molecular flexibility index (Phi) is 3.92. The van der Waals surface area contributed by atoms with Crippen molar-refractivity contribution in [3.05, 3.63) is 0 Å². The van der Waals surface area contributed by atoms with Gasteiger partial charge in [-0.25, -0.2) is 0 Å². The van der Waals surface area contributed by atoms with Crippen LogP contribution in [0.4, 0.5) is 0 Å². The lowest BCUT2D eigenvalue weighted by molar-refractivity contribution is -0.147. The molecule has 4 heteroatoms. The number of esters is 1. The van der Waals surface area contributed by atoms with Gasteiger partial charge in [0.15, 0.2) is 0 Å². The normalized spacial score (nSPS) is 25.9. The average Bonchev–Trinajstić information content (AvgIpc) is 2.47. The van der Waals surface area contributed by atoms with Crippen molar-refractivity contribution < 1.29 is 14.3 Å². The maximum absolute atomic E-state index is 10.8. The molecule has 0 spiro atoms. The summed E-state index contributed by atoms with van der Waals surface area (Å²) in [6.07, 6.45) is 3.02. The van der Waals surface area contributed by atoms with E-state index < -0.39 is 0 Å². The summed E-state index contributed by atoms with van der Waals surface area (Å²) in [5, 5.41) is 2.76. The Hall–Kier alpha value is -1.06. The van der Waals surface area contributed by atoms with Gasteiger partial charge in [-0.2, -0.15) is 0 Å². The SMILES string of the molecule is CC(=O)NC[C@H]1CCC[C@@H]1OC(C)=O. The molecule has 1 N–H and O–H groups in total. The van der Waals surface area contributed by atoms with Gasteiger partial charge in [0.05, 0.1) is 0 Å². The van der Waals surface area contributed by atoms with Crippen LogP contribution in [0.3, 0.4) is 0 Å². The molecule has 0 aliphatic heterocycles. The molecule has 80 valence electrons. The summed E-state index contributed by atoms with van der Waals surface area (Å²) < 4.78 is 5.17. The highest BCUT2D eigenvalue weighted by molar-refractivity contribution is 5.72.